The Morgan fingerprint density at radius 3 is 2.14 bits per heavy atom. The van der Waals surface area contributed by atoms with E-state index in [0.717, 1.165) is 43.4 Å². The smallest absolute Gasteiger partial charge is 0.348 e. The first-order valence-corrected chi connectivity index (χ1v) is 11.8. The molecule has 3 rings (SSSR count). The van der Waals surface area contributed by atoms with Crippen LogP contribution < -0.4 is 4.90 Å². The van der Waals surface area contributed by atoms with Gasteiger partial charge in [-0.2, -0.15) is 0 Å². The van der Waals surface area contributed by atoms with Crippen molar-refractivity contribution in [2.75, 3.05) is 4.90 Å². The Hall–Kier alpha value is -1.40. The maximum absolute atomic E-state index is 13.7. The molecule has 0 atom stereocenters. The van der Waals surface area contributed by atoms with Crippen LogP contribution in [0.3, 0.4) is 0 Å². The van der Waals surface area contributed by atoms with Crippen LogP contribution in [-0.2, 0) is 10.2 Å². The van der Waals surface area contributed by atoms with Crippen LogP contribution in [0.5, 0.6) is 0 Å². The van der Waals surface area contributed by atoms with Gasteiger partial charge in [-0.05, 0) is 68.8 Å². The molecule has 1 amide bonds. The van der Waals surface area contributed by atoms with Gasteiger partial charge in [0.15, 0.2) is 0 Å². The minimum absolute atomic E-state index is 0.0299. The monoisotopic (exact) mass is 421 g/mol. The van der Waals surface area contributed by atoms with Gasteiger partial charge < -0.3 is 15.1 Å². The Balaban J connectivity index is 2.00. The predicted octanol–water partition coefficient (Wildman–Crippen LogP) is 5.21. The second-order valence-electron chi connectivity index (χ2n) is 10.0. The predicted molar refractivity (Wildman–Crippen MR) is 117 cm³/mol. The molecule has 1 aromatic heterocycles. The molecule has 2 N–H and O–H groups in total. The molecule has 29 heavy (non-hydrogen) atoms. The zero-order chi connectivity index (χ0) is 21.3. The molecule has 0 bridgehead atoms. The maximum Gasteiger partial charge on any atom is 0.348 e. The first kappa shape index (κ1) is 22.3. The lowest BCUT2D eigenvalue weighted by atomic mass is 9.81. The van der Waals surface area contributed by atoms with E-state index in [2.05, 4.69) is 27.7 Å². The number of thiophene rings is 1. The number of rotatable bonds is 4. The van der Waals surface area contributed by atoms with E-state index in [9.17, 15) is 19.8 Å². The molecule has 2 fully saturated rings. The van der Waals surface area contributed by atoms with Crippen LogP contribution in [-0.4, -0.2) is 34.2 Å². The number of carbonyl (C=O) groups excluding carboxylic acids is 1. The van der Waals surface area contributed by atoms with Crippen molar-refractivity contribution in [3.8, 4) is 0 Å². The largest absolute Gasteiger partial charge is 0.477 e. The van der Waals surface area contributed by atoms with E-state index >= 15 is 0 Å². The third-order valence-corrected chi connectivity index (χ3v) is 8.08. The van der Waals surface area contributed by atoms with Crippen LogP contribution >= 0.6 is 11.3 Å². The maximum atomic E-state index is 13.7. The van der Waals surface area contributed by atoms with Crippen LogP contribution in [0.4, 0.5) is 5.69 Å². The number of aliphatic hydroxyl groups excluding tert-OH is 1. The fourth-order valence-corrected chi connectivity index (χ4v) is 5.64. The third-order valence-electron chi connectivity index (χ3n) is 6.54. The van der Waals surface area contributed by atoms with Crippen molar-refractivity contribution < 1.29 is 19.8 Å². The van der Waals surface area contributed by atoms with Gasteiger partial charge in [-0.3, -0.25) is 4.79 Å². The van der Waals surface area contributed by atoms with Crippen molar-refractivity contribution in [1.82, 2.24) is 0 Å². The SMILES string of the molecule is CC1CCC(C(=O)N(c2cc(C(C)(C)C)sc2C(=O)O)C2CCC(O)CC2)CC1. The average molecular weight is 422 g/mol. The molecule has 2 aliphatic rings. The van der Waals surface area contributed by atoms with Gasteiger partial charge in [-0.15, -0.1) is 11.3 Å². The second kappa shape index (κ2) is 8.76. The Morgan fingerprint density at radius 2 is 1.62 bits per heavy atom. The van der Waals surface area contributed by atoms with Crippen molar-refractivity contribution in [3.05, 3.63) is 15.8 Å². The molecular weight excluding hydrogens is 386 g/mol. The van der Waals surface area contributed by atoms with E-state index in [4.69, 9.17) is 0 Å². The number of hydrogen-bond donors (Lipinski definition) is 2. The summed E-state index contributed by atoms with van der Waals surface area (Å²) in [6, 6.07) is 1.90. The summed E-state index contributed by atoms with van der Waals surface area (Å²) >= 11 is 1.29. The Labute approximate surface area is 178 Å². The number of aliphatic hydroxyl groups is 1. The number of nitrogens with zero attached hydrogens (tertiary/aromatic N) is 1. The Bertz CT molecular complexity index is 735. The summed E-state index contributed by atoms with van der Waals surface area (Å²) in [6.07, 6.45) is 6.31. The minimum atomic E-state index is -0.966. The highest BCUT2D eigenvalue weighted by Crippen LogP contribution is 2.41. The van der Waals surface area contributed by atoms with Crippen molar-refractivity contribution in [2.24, 2.45) is 11.8 Å². The summed E-state index contributed by atoms with van der Waals surface area (Å²) in [7, 11) is 0. The van der Waals surface area contributed by atoms with E-state index < -0.39 is 5.97 Å². The zero-order valence-corrected chi connectivity index (χ0v) is 18.9. The third kappa shape index (κ3) is 5.02. The van der Waals surface area contributed by atoms with Gasteiger partial charge >= 0.3 is 5.97 Å². The van der Waals surface area contributed by atoms with Gasteiger partial charge in [-0.1, -0.05) is 27.7 Å². The van der Waals surface area contributed by atoms with E-state index in [1.54, 1.807) is 0 Å². The Morgan fingerprint density at radius 1 is 1.03 bits per heavy atom. The van der Waals surface area contributed by atoms with Gasteiger partial charge in [0.25, 0.3) is 0 Å². The van der Waals surface area contributed by atoms with Gasteiger partial charge in [0, 0.05) is 16.8 Å². The summed E-state index contributed by atoms with van der Waals surface area (Å²) < 4.78 is 0. The second-order valence-corrected chi connectivity index (χ2v) is 11.1. The lowest BCUT2D eigenvalue weighted by Gasteiger charge is -2.38. The molecule has 0 spiro atoms. The zero-order valence-electron chi connectivity index (χ0n) is 18.1. The average Bonchev–Trinajstić information content (AvgIpc) is 3.10. The molecule has 1 aromatic rings. The molecule has 2 saturated carbocycles. The van der Waals surface area contributed by atoms with E-state index in [1.807, 2.05) is 11.0 Å². The van der Waals surface area contributed by atoms with Crippen molar-refractivity contribution in [2.45, 2.75) is 96.6 Å². The fourth-order valence-electron chi connectivity index (χ4n) is 4.60. The molecule has 6 heteroatoms. The normalized spacial score (nSPS) is 28.2. The van der Waals surface area contributed by atoms with Crippen molar-refractivity contribution in [3.63, 3.8) is 0 Å². The van der Waals surface area contributed by atoms with Gasteiger partial charge in [0.2, 0.25) is 5.91 Å². The van der Waals surface area contributed by atoms with Gasteiger partial charge in [-0.25, -0.2) is 4.79 Å². The molecule has 0 radical (unpaired) electrons. The van der Waals surface area contributed by atoms with Crippen molar-refractivity contribution >= 4 is 28.9 Å². The summed E-state index contributed by atoms with van der Waals surface area (Å²) in [5.74, 6) is -0.260. The highest BCUT2D eigenvalue weighted by atomic mass is 32.1. The first-order chi connectivity index (χ1) is 13.6. The van der Waals surface area contributed by atoms with E-state index in [1.165, 1.54) is 11.3 Å². The van der Waals surface area contributed by atoms with E-state index in [-0.39, 0.29) is 34.3 Å². The standard InChI is InChI=1S/C23H35NO4S/c1-14-5-7-15(8-6-14)21(26)24(16-9-11-17(25)12-10-16)18-13-19(23(2,3)4)29-20(18)22(27)28/h13-17,25H,5-12H2,1-4H3,(H,27,28). The van der Waals surface area contributed by atoms with E-state index in [0.29, 0.717) is 24.4 Å². The summed E-state index contributed by atoms with van der Waals surface area (Å²) in [4.78, 5) is 28.8. The van der Waals surface area contributed by atoms with Crippen LogP contribution in [0.1, 0.15) is 93.6 Å². The minimum Gasteiger partial charge on any atom is -0.477 e. The number of carboxylic acid groups (broad SMARTS) is 1. The number of hydrogen-bond acceptors (Lipinski definition) is 4. The summed E-state index contributed by atoms with van der Waals surface area (Å²) in [5, 5.41) is 19.8. The Kier molecular flexibility index (Phi) is 6.74. The molecule has 0 aromatic carbocycles. The molecule has 162 valence electrons. The highest BCUT2D eigenvalue weighted by molar-refractivity contribution is 7.14. The molecule has 0 unspecified atom stereocenters. The topological polar surface area (TPSA) is 77.8 Å². The highest BCUT2D eigenvalue weighted by Gasteiger charge is 2.38. The number of carboxylic acids is 1. The van der Waals surface area contributed by atoms with Crippen LogP contribution in [0.25, 0.3) is 0 Å². The molecule has 2 aliphatic carbocycles. The number of amides is 1. The number of carbonyl (C=O) groups is 2. The van der Waals surface area contributed by atoms with Gasteiger partial charge in [0.1, 0.15) is 4.88 Å². The number of aromatic carboxylic acids is 1. The number of anilines is 1. The lowest BCUT2D eigenvalue weighted by molar-refractivity contribution is -0.124. The molecule has 0 saturated heterocycles. The first-order valence-electron chi connectivity index (χ1n) is 11.0. The molecule has 5 nitrogen and oxygen atoms in total. The quantitative estimate of drug-likeness (QED) is 0.700. The summed E-state index contributed by atoms with van der Waals surface area (Å²) in [6.45, 7) is 8.44. The fraction of sp³-hybridized carbons (Fsp3) is 0.739. The van der Waals surface area contributed by atoms with Crippen molar-refractivity contribution in [1.29, 1.82) is 0 Å². The lowest BCUT2D eigenvalue weighted by Crippen LogP contribution is -2.47. The van der Waals surface area contributed by atoms with Gasteiger partial charge in [0.05, 0.1) is 11.8 Å². The summed E-state index contributed by atoms with van der Waals surface area (Å²) in [5.41, 5.74) is 0.391. The van der Waals surface area contributed by atoms with Crippen LogP contribution in [0, 0.1) is 11.8 Å². The molecule has 1 heterocycles. The van der Waals surface area contributed by atoms with Crippen LogP contribution in [0.2, 0.25) is 0 Å². The molecule has 0 aliphatic heterocycles. The van der Waals surface area contributed by atoms with Crippen LogP contribution in [0.15, 0.2) is 6.07 Å². The molecular formula is C23H35NO4S.